The smallest absolute Gasteiger partial charge is 0.124 e. The lowest BCUT2D eigenvalue weighted by Gasteiger charge is -2.29. The Morgan fingerprint density at radius 2 is 1.94 bits per heavy atom. The number of hydrogen-bond acceptors (Lipinski definition) is 2. The van der Waals surface area contributed by atoms with E-state index in [9.17, 15) is 0 Å². The van der Waals surface area contributed by atoms with Crippen molar-refractivity contribution in [3.05, 3.63) is 22.7 Å². The number of anilines is 1. The van der Waals surface area contributed by atoms with Crippen LogP contribution in [0, 0.1) is 0 Å². The topological polar surface area (TPSA) is 12.5 Å². The van der Waals surface area contributed by atoms with E-state index in [0.717, 1.165) is 42.6 Å². The lowest BCUT2D eigenvalue weighted by Crippen LogP contribution is -2.29. The molecule has 0 N–H and O–H groups in total. The molecule has 0 aliphatic carbocycles. The predicted molar refractivity (Wildman–Crippen MR) is 66.7 cm³/mol. The standard InChI is InChI=1S/C13H16ClNO/c14-11-8-10-4-7-16-13(10)9-12(11)15-5-2-1-3-6-15/h8-9H,1-7H2. The Labute approximate surface area is 101 Å². The van der Waals surface area contributed by atoms with E-state index in [4.69, 9.17) is 16.3 Å². The third-order valence-electron chi connectivity index (χ3n) is 3.46. The molecule has 1 aromatic carbocycles. The average molecular weight is 238 g/mol. The summed E-state index contributed by atoms with van der Waals surface area (Å²) in [6.07, 6.45) is 4.88. The summed E-state index contributed by atoms with van der Waals surface area (Å²) >= 11 is 6.34. The van der Waals surface area contributed by atoms with Gasteiger partial charge in [0.05, 0.1) is 17.3 Å². The Bertz CT molecular complexity index is 399. The van der Waals surface area contributed by atoms with Crippen LogP contribution in [0.15, 0.2) is 12.1 Å². The Hall–Kier alpha value is -0.890. The zero-order chi connectivity index (χ0) is 11.0. The summed E-state index contributed by atoms with van der Waals surface area (Å²) < 4.78 is 5.60. The first-order valence-electron chi connectivity index (χ1n) is 6.05. The van der Waals surface area contributed by atoms with Gasteiger partial charge in [-0.05, 0) is 30.9 Å². The van der Waals surface area contributed by atoms with Crippen LogP contribution in [-0.2, 0) is 6.42 Å². The van der Waals surface area contributed by atoms with Crippen molar-refractivity contribution in [2.45, 2.75) is 25.7 Å². The second-order valence-electron chi connectivity index (χ2n) is 4.56. The first kappa shape index (κ1) is 10.3. The SMILES string of the molecule is Clc1cc2c(cc1N1CCCCC1)OCC2. The summed E-state index contributed by atoms with van der Waals surface area (Å²) in [4.78, 5) is 2.38. The van der Waals surface area contributed by atoms with Crippen LogP contribution in [0.1, 0.15) is 24.8 Å². The number of ether oxygens (including phenoxy) is 1. The van der Waals surface area contributed by atoms with Crippen molar-refractivity contribution < 1.29 is 4.74 Å². The normalized spacial score (nSPS) is 19.4. The molecule has 0 radical (unpaired) electrons. The third kappa shape index (κ3) is 1.75. The fourth-order valence-electron chi connectivity index (χ4n) is 2.56. The molecular weight excluding hydrogens is 222 g/mol. The van der Waals surface area contributed by atoms with Crippen molar-refractivity contribution in [1.82, 2.24) is 0 Å². The zero-order valence-electron chi connectivity index (χ0n) is 9.34. The molecule has 1 saturated heterocycles. The average Bonchev–Trinajstić information content (AvgIpc) is 2.76. The van der Waals surface area contributed by atoms with Gasteiger partial charge in [-0.1, -0.05) is 11.6 Å². The van der Waals surface area contributed by atoms with E-state index in [2.05, 4.69) is 17.0 Å². The second-order valence-corrected chi connectivity index (χ2v) is 4.96. The van der Waals surface area contributed by atoms with Crippen molar-refractivity contribution in [3.8, 4) is 5.75 Å². The van der Waals surface area contributed by atoms with Gasteiger partial charge >= 0.3 is 0 Å². The molecule has 1 fully saturated rings. The highest BCUT2D eigenvalue weighted by Crippen LogP contribution is 2.37. The highest BCUT2D eigenvalue weighted by Gasteiger charge is 2.19. The Morgan fingerprint density at radius 1 is 1.12 bits per heavy atom. The largest absolute Gasteiger partial charge is 0.493 e. The summed E-state index contributed by atoms with van der Waals surface area (Å²) in [6, 6.07) is 4.20. The maximum absolute atomic E-state index is 6.34. The minimum Gasteiger partial charge on any atom is -0.493 e. The quantitative estimate of drug-likeness (QED) is 0.744. The van der Waals surface area contributed by atoms with E-state index in [1.807, 2.05) is 0 Å². The van der Waals surface area contributed by atoms with Crippen molar-refractivity contribution in [2.24, 2.45) is 0 Å². The maximum Gasteiger partial charge on any atom is 0.124 e. The van der Waals surface area contributed by atoms with E-state index in [1.165, 1.54) is 24.8 Å². The molecule has 2 nitrogen and oxygen atoms in total. The second kappa shape index (κ2) is 4.17. The van der Waals surface area contributed by atoms with Gasteiger partial charge in [-0.3, -0.25) is 0 Å². The fourth-order valence-corrected chi connectivity index (χ4v) is 2.87. The van der Waals surface area contributed by atoms with Crippen LogP contribution >= 0.6 is 11.6 Å². The van der Waals surface area contributed by atoms with Gasteiger partial charge in [-0.15, -0.1) is 0 Å². The molecular formula is C13H16ClNO. The van der Waals surface area contributed by atoms with E-state index in [-0.39, 0.29) is 0 Å². The summed E-state index contributed by atoms with van der Waals surface area (Å²) in [5, 5.41) is 0.881. The van der Waals surface area contributed by atoms with Crippen LogP contribution in [-0.4, -0.2) is 19.7 Å². The van der Waals surface area contributed by atoms with E-state index in [0.29, 0.717) is 0 Å². The van der Waals surface area contributed by atoms with E-state index >= 15 is 0 Å². The van der Waals surface area contributed by atoms with Crippen molar-refractivity contribution >= 4 is 17.3 Å². The summed E-state index contributed by atoms with van der Waals surface area (Å²) in [6.45, 7) is 3.05. The Morgan fingerprint density at radius 3 is 2.75 bits per heavy atom. The molecule has 0 atom stereocenters. The zero-order valence-corrected chi connectivity index (χ0v) is 10.1. The molecule has 16 heavy (non-hydrogen) atoms. The lowest BCUT2D eigenvalue weighted by molar-refractivity contribution is 0.357. The van der Waals surface area contributed by atoms with E-state index in [1.54, 1.807) is 0 Å². The van der Waals surface area contributed by atoms with Crippen molar-refractivity contribution in [1.29, 1.82) is 0 Å². The van der Waals surface area contributed by atoms with Gasteiger partial charge in [0.25, 0.3) is 0 Å². The highest BCUT2D eigenvalue weighted by molar-refractivity contribution is 6.33. The highest BCUT2D eigenvalue weighted by atomic mass is 35.5. The Balaban J connectivity index is 1.94. The maximum atomic E-state index is 6.34. The Kier molecular flexibility index (Phi) is 2.68. The molecule has 2 heterocycles. The van der Waals surface area contributed by atoms with Crippen LogP contribution in [0.3, 0.4) is 0 Å². The molecule has 3 heteroatoms. The predicted octanol–water partition coefficient (Wildman–Crippen LogP) is 3.27. The molecule has 0 bridgehead atoms. The van der Waals surface area contributed by atoms with Gasteiger partial charge in [0.2, 0.25) is 0 Å². The van der Waals surface area contributed by atoms with E-state index < -0.39 is 0 Å². The summed E-state index contributed by atoms with van der Waals surface area (Å²) in [5.41, 5.74) is 2.41. The number of benzene rings is 1. The first-order chi connectivity index (χ1) is 7.84. The van der Waals surface area contributed by atoms with Crippen molar-refractivity contribution in [2.75, 3.05) is 24.6 Å². The molecule has 0 spiro atoms. The summed E-state index contributed by atoms with van der Waals surface area (Å²) in [7, 11) is 0. The minimum atomic E-state index is 0.801. The number of fused-ring (bicyclic) bond motifs is 1. The van der Waals surface area contributed by atoms with Crippen molar-refractivity contribution in [3.63, 3.8) is 0 Å². The third-order valence-corrected chi connectivity index (χ3v) is 3.76. The van der Waals surface area contributed by atoms with Gasteiger partial charge in [-0.25, -0.2) is 0 Å². The van der Waals surface area contributed by atoms with Gasteiger partial charge in [0.15, 0.2) is 0 Å². The molecule has 0 unspecified atom stereocenters. The number of piperidine rings is 1. The molecule has 2 aliphatic heterocycles. The monoisotopic (exact) mass is 237 g/mol. The van der Waals surface area contributed by atoms with Crippen LogP contribution < -0.4 is 9.64 Å². The molecule has 3 rings (SSSR count). The van der Waals surface area contributed by atoms with Crippen LogP contribution in [0.4, 0.5) is 5.69 Å². The summed E-state index contributed by atoms with van der Waals surface area (Å²) in [5.74, 6) is 1.03. The number of hydrogen-bond donors (Lipinski definition) is 0. The molecule has 0 saturated carbocycles. The first-order valence-corrected chi connectivity index (χ1v) is 6.42. The van der Waals surface area contributed by atoms with Crippen LogP contribution in [0.5, 0.6) is 5.75 Å². The van der Waals surface area contributed by atoms with Gasteiger partial charge in [0.1, 0.15) is 5.75 Å². The van der Waals surface area contributed by atoms with Crippen LogP contribution in [0.2, 0.25) is 5.02 Å². The molecule has 86 valence electrons. The number of halogens is 1. The molecule has 0 aromatic heterocycles. The minimum absolute atomic E-state index is 0.801. The molecule has 1 aromatic rings. The van der Waals surface area contributed by atoms with Crippen LogP contribution in [0.25, 0.3) is 0 Å². The number of nitrogens with zero attached hydrogens (tertiary/aromatic N) is 1. The fraction of sp³-hybridized carbons (Fsp3) is 0.538. The number of rotatable bonds is 1. The van der Waals surface area contributed by atoms with Gasteiger partial charge in [-0.2, -0.15) is 0 Å². The lowest BCUT2D eigenvalue weighted by atomic mass is 10.1. The molecule has 0 amide bonds. The van der Waals surface area contributed by atoms with Gasteiger partial charge in [0, 0.05) is 25.6 Å². The molecule has 2 aliphatic rings. The van der Waals surface area contributed by atoms with Gasteiger partial charge < -0.3 is 9.64 Å².